The van der Waals surface area contributed by atoms with Crippen molar-refractivity contribution in [2.45, 2.75) is 48.6 Å². The third-order valence-corrected chi connectivity index (χ3v) is 10.5. The highest BCUT2D eigenvalue weighted by atomic mass is 16.5. The maximum absolute atomic E-state index is 13.7. The molecule has 1 heterocycles. The molecule has 2 aliphatic rings. The summed E-state index contributed by atoms with van der Waals surface area (Å²) < 4.78 is 11.2. The van der Waals surface area contributed by atoms with Crippen LogP contribution in [0.4, 0.5) is 0 Å². The van der Waals surface area contributed by atoms with Crippen LogP contribution in [0.5, 0.6) is 11.5 Å². The molecule has 0 saturated heterocycles. The number of carbonyl (C=O) groups excluding carboxylic acids is 4. The Balaban J connectivity index is 0.947. The van der Waals surface area contributed by atoms with Gasteiger partial charge in [0.05, 0.1) is 30.2 Å². The molecule has 2 saturated carbocycles. The Morgan fingerprint density at radius 2 is 1.28 bits per heavy atom. The van der Waals surface area contributed by atoms with E-state index < -0.39 is 28.8 Å². The molecule has 0 spiro atoms. The molecule has 7 rings (SSSR count). The van der Waals surface area contributed by atoms with Crippen molar-refractivity contribution in [2.24, 2.45) is 0 Å². The standard InChI is InChI=1S/C43H43N5O6/c1-44-38(49)36(30-11-10-28-7-3-4-8-29(28)27-30)47-40(51)42(20-21-42)32-14-18-34(19-15-32)54-26-25-46-39(50)37(35-9-5-6-24-45-35)48-41(52)43(22-23-43)31-12-16-33(53-2)17-13-31/h3-19,24,27,36-37H,20-23,25-26H2,1-2H3,(H,44,49)(H,46,50)(H,47,51)(H,48,52). The fraction of sp³-hybridized carbons (Fsp3) is 0.279. The number of benzene rings is 4. The molecule has 4 aromatic carbocycles. The fourth-order valence-corrected chi connectivity index (χ4v) is 6.96. The molecule has 0 bridgehead atoms. The summed E-state index contributed by atoms with van der Waals surface area (Å²) in [6.45, 7) is 0.361. The summed E-state index contributed by atoms with van der Waals surface area (Å²) in [6, 6.07) is 31.9. The van der Waals surface area contributed by atoms with Crippen molar-refractivity contribution in [2.75, 3.05) is 27.3 Å². The van der Waals surface area contributed by atoms with Gasteiger partial charge in [-0.15, -0.1) is 0 Å². The molecule has 4 N–H and O–H groups in total. The molecule has 2 fully saturated rings. The lowest BCUT2D eigenvalue weighted by Gasteiger charge is -2.23. The van der Waals surface area contributed by atoms with Crippen LogP contribution < -0.4 is 30.7 Å². The zero-order valence-corrected chi connectivity index (χ0v) is 30.3. The van der Waals surface area contributed by atoms with E-state index in [0.29, 0.717) is 48.4 Å². The first-order valence-corrected chi connectivity index (χ1v) is 18.2. The van der Waals surface area contributed by atoms with E-state index >= 15 is 0 Å². The third-order valence-electron chi connectivity index (χ3n) is 10.5. The number of hydrogen-bond acceptors (Lipinski definition) is 7. The number of aromatic nitrogens is 1. The molecule has 1 aromatic heterocycles. The number of ether oxygens (including phenoxy) is 2. The Hall–Kier alpha value is -6.23. The van der Waals surface area contributed by atoms with Gasteiger partial charge in [-0.05, 0) is 95.6 Å². The minimum atomic E-state index is -0.987. The van der Waals surface area contributed by atoms with Gasteiger partial charge in [0.15, 0.2) is 6.04 Å². The van der Waals surface area contributed by atoms with E-state index in [-0.39, 0.29) is 30.9 Å². The van der Waals surface area contributed by atoms with Crippen molar-refractivity contribution >= 4 is 34.4 Å². The lowest BCUT2D eigenvalue weighted by atomic mass is 9.93. The maximum atomic E-state index is 13.7. The molecule has 0 radical (unpaired) electrons. The SMILES string of the molecule is CNC(=O)C(NC(=O)C1(c2ccc(OCCNC(=O)C(NC(=O)C3(c4ccc(OC)cc4)CC3)c3ccccn3)cc2)CC1)c1ccc2ccccc2c1. The minimum absolute atomic E-state index is 0.176. The molecule has 276 valence electrons. The van der Waals surface area contributed by atoms with Gasteiger partial charge in [0, 0.05) is 13.2 Å². The largest absolute Gasteiger partial charge is 0.497 e. The highest BCUT2D eigenvalue weighted by molar-refractivity contribution is 5.97. The number of likely N-dealkylation sites (N-methyl/N-ethyl adjacent to an activating group) is 1. The third kappa shape index (κ3) is 7.48. The Morgan fingerprint density at radius 3 is 1.85 bits per heavy atom. The number of nitrogens with one attached hydrogen (secondary N) is 4. The predicted molar refractivity (Wildman–Crippen MR) is 204 cm³/mol. The van der Waals surface area contributed by atoms with Crippen molar-refractivity contribution in [3.8, 4) is 11.5 Å². The molecule has 54 heavy (non-hydrogen) atoms. The van der Waals surface area contributed by atoms with Crippen LogP contribution in [0.2, 0.25) is 0 Å². The van der Waals surface area contributed by atoms with Crippen LogP contribution in [0.25, 0.3) is 10.8 Å². The van der Waals surface area contributed by atoms with Gasteiger partial charge in [-0.3, -0.25) is 24.2 Å². The number of rotatable bonds is 15. The Bertz CT molecular complexity index is 2150. The monoisotopic (exact) mass is 725 g/mol. The zero-order chi connectivity index (χ0) is 37.7. The summed E-state index contributed by atoms with van der Waals surface area (Å²) in [4.78, 5) is 58.1. The summed E-state index contributed by atoms with van der Waals surface area (Å²) in [6.07, 6.45) is 4.28. The van der Waals surface area contributed by atoms with Crippen molar-refractivity contribution in [3.05, 3.63) is 138 Å². The number of hydrogen-bond donors (Lipinski definition) is 4. The normalized spacial score (nSPS) is 15.9. The molecular formula is C43H43N5O6. The van der Waals surface area contributed by atoms with Crippen molar-refractivity contribution < 1.29 is 28.7 Å². The van der Waals surface area contributed by atoms with Gasteiger partial charge in [0.1, 0.15) is 24.1 Å². The van der Waals surface area contributed by atoms with E-state index in [0.717, 1.165) is 21.9 Å². The maximum Gasteiger partial charge on any atom is 0.248 e. The minimum Gasteiger partial charge on any atom is -0.497 e. The smallest absolute Gasteiger partial charge is 0.248 e. The molecule has 2 unspecified atom stereocenters. The van der Waals surface area contributed by atoms with Gasteiger partial charge >= 0.3 is 0 Å². The molecule has 11 nitrogen and oxygen atoms in total. The van der Waals surface area contributed by atoms with Crippen molar-refractivity contribution in [3.63, 3.8) is 0 Å². The topological polar surface area (TPSA) is 148 Å². The summed E-state index contributed by atoms with van der Waals surface area (Å²) >= 11 is 0. The van der Waals surface area contributed by atoms with Gasteiger partial charge in [-0.1, -0.05) is 66.7 Å². The fourth-order valence-electron chi connectivity index (χ4n) is 6.96. The van der Waals surface area contributed by atoms with Crippen LogP contribution in [0.15, 0.2) is 115 Å². The molecule has 0 aliphatic heterocycles. The summed E-state index contributed by atoms with van der Waals surface area (Å²) in [5.41, 5.74) is 1.43. The number of amides is 4. The van der Waals surface area contributed by atoms with Crippen LogP contribution in [-0.2, 0) is 30.0 Å². The number of methoxy groups -OCH3 is 1. The quantitative estimate of drug-likeness (QED) is 0.112. The van der Waals surface area contributed by atoms with Crippen LogP contribution in [0.3, 0.4) is 0 Å². The summed E-state index contributed by atoms with van der Waals surface area (Å²) in [5, 5.41) is 13.6. The van der Waals surface area contributed by atoms with E-state index in [1.54, 1.807) is 50.7 Å². The molecule has 11 heteroatoms. The van der Waals surface area contributed by atoms with Crippen LogP contribution >= 0.6 is 0 Å². The first kappa shape index (κ1) is 36.1. The lowest BCUT2D eigenvalue weighted by molar-refractivity contribution is -0.130. The number of nitrogens with zero attached hydrogens (tertiary/aromatic N) is 1. The average Bonchev–Trinajstić information content (AvgIpc) is 4.16. The Kier molecular flexibility index (Phi) is 10.3. The van der Waals surface area contributed by atoms with Gasteiger partial charge < -0.3 is 30.7 Å². The van der Waals surface area contributed by atoms with Crippen LogP contribution in [0, 0.1) is 0 Å². The van der Waals surface area contributed by atoms with Crippen molar-refractivity contribution in [1.29, 1.82) is 0 Å². The molecule has 2 atom stereocenters. The summed E-state index contributed by atoms with van der Waals surface area (Å²) in [7, 11) is 3.16. The van der Waals surface area contributed by atoms with Gasteiger partial charge in [0.2, 0.25) is 23.6 Å². The first-order valence-electron chi connectivity index (χ1n) is 18.2. The van der Waals surface area contributed by atoms with E-state index in [9.17, 15) is 19.2 Å². The van der Waals surface area contributed by atoms with E-state index in [2.05, 4.69) is 26.3 Å². The van der Waals surface area contributed by atoms with Crippen LogP contribution in [-0.4, -0.2) is 55.9 Å². The second-order valence-corrected chi connectivity index (χ2v) is 13.8. The second-order valence-electron chi connectivity index (χ2n) is 13.8. The van der Waals surface area contributed by atoms with Crippen LogP contribution in [0.1, 0.15) is 60.2 Å². The average molecular weight is 726 g/mol. The van der Waals surface area contributed by atoms with E-state index in [4.69, 9.17) is 9.47 Å². The number of carbonyl (C=O) groups is 4. The zero-order valence-electron chi connectivity index (χ0n) is 30.3. The number of fused-ring (bicyclic) bond motifs is 1. The highest BCUT2D eigenvalue weighted by Gasteiger charge is 2.53. The Morgan fingerprint density at radius 1 is 0.685 bits per heavy atom. The summed E-state index contributed by atoms with van der Waals surface area (Å²) in [5.74, 6) is 0.167. The lowest BCUT2D eigenvalue weighted by Crippen LogP contribution is -2.45. The molecular weight excluding hydrogens is 683 g/mol. The van der Waals surface area contributed by atoms with E-state index in [1.807, 2.05) is 78.9 Å². The Labute approximate surface area is 313 Å². The highest BCUT2D eigenvalue weighted by Crippen LogP contribution is 2.50. The van der Waals surface area contributed by atoms with Crippen molar-refractivity contribution in [1.82, 2.24) is 26.3 Å². The van der Waals surface area contributed by atoms with Gasteiger partial charge in [-0.2, -0.15) is 0 Å². The number of pyridine rings is 1. The van der Waals surface area contributed by atoms with Gasteiger partial charge in [-0.25, -0.2) is 0 Å². The van der Waals surface area contributed by atoms with E-state index in [1.165, 1.54) is 0 Å². The molecule has 4 amide bonds. The second kappa shape index (κ2) is 15.4. The molecule has 2 aliphatic carbocycles. The molecule has 5 aromatic rings. The first-order chi connectivity index (χ1) is 26.3. The van der Waals surface area contributed by atoms with Gasteiger partial charge in [0.25, 0.3) is 0 Å². The predicted octanol–water partition coefficient (Wildman–Crippen LogP) is 4.96.